The number of carbonyl (C=O) groups is 1. The second-order valence-corrected chi connectivity index (χ2v) is 8.21. The molecule has 2 nitrogen and oxygen atoms in total. The Hall–Kier alpha value is -2.38. The van der Waals surface area contributed by atoms with Crippen LogP contribution in [0.15, 0.2) is 70.8 Å². The Kier molecular flexibility index (Phi) is 6.92. The molecule has 4 rings (SSSR count). The summed E-state index contributed by atoms with van der Waals surface area (Å²) in [4.78, 5) is 15.3. The number of hydrogen-bond acceptors (Lipinski definition) is 3. The molecule has 3 aromatic rings. The van der Waals surface area contributed by atoms with E-state index in [9.17, 15) is 18.0 Å². The second kappa shape index (κ2) is 9.41. The van der Waals surface area contributed by atoms with E-state index in [0.717, 1.165) is 24.1 Å². The smallest absolute Gasteiger partial charge is 0.328 e. The van der Waals surface area contributed by atoms with Crippen LogP contribution in [0.2, 0.25) is 0 Å². The van der Waals surface area contributed by atoms with Gasteiger partial charge < -0.3 is 4.90 Å². The maximum atomic E-state index is 12.8. The number of rotatable bonds is 2. The molecule has 0 radical (unpaired) electrons. The Bertz CT molecular complexity index is 926. The lowest BCUT2D eigenvalue weighted by Gasteiger charge is -2.35. The maximum Gasteiger partial charge on any atom is 0.416 e. The van der Waals surface area contributed by atoms with Crippen molar-refractivity contribution in [1.29, 1.82) is 0 Å². The predicted octanol–water partition coefficient (Wildman–Crippen LogP) is 6.57. The Morgan fingerprint density at radius 1 is 1.10 bits per heavy atom. The summed E-state index contributed by atoms with van der Waals surface area (Å²) in [6.07, 6.45) is -0.420. The molecule has 1 aliphatic rings. The van der Waals surface area contributed by atoms with Gasteiger partial charge in [0.15, 0.2) is 0 Å². The number of alkyl halides is 3. The van der Waals surface area contributed by atoms with Crippen molar-refractivity contribution in [3.05, 3.63) is 92.3 Å². The van der Waals surface area contributed by atoms with Gasteiger partial charge in [0.25, 0.3) is 0 Å². The Morgan fingerprint density at radius 3 is 2.34 bits per heavy atom. The van der Waals surface area contributed by atoms with Crippen molar-refractivity contribution in [1.82, 2.24) is 4.90 Å². The first-order valence-electron chi connectivity index (χ1n) is 9.05. The molecule has 29 heavy (non-hydrogen) atoms. The highest BCUT2D eigenvalue weighted by Crippen LogP contribution is 2.39. The molecule has 0 saturated carbocycles. The summed E-state index contributed by atoms with van der Waals surface area (Å²) in [5.74, 6) is -0.126. The standard InChI is InChI=1S/C18H16F3NOS.C4H4S/c1-2-3-16(23)22-10-8-15-14(9-11-24-15)17(22)12-4-6-13(7-5-12)18(19,20)21;1-2-4-5-3-1/h2-7,9,11,17H,8,10H2,1H3;1-4H/b3-2+;. The molecule has 1 unspecified atom stereocenters. The van der Waals surface area contributed by atoms with Crippen molar-refractivity contribution < 1.29 is 18.0 Å². The van der Waals surface area contributed by atoms with Crippen molar-refractivity contribution in [3.63, 3.8) is 0 Å². The lowest BCUT2D eigenvalue weighted by atomic mass is 9.92. The lowest BCUT2D eigenvalue weighted by molar-refractivity contribution is -0.137. The van der Waals surface area contributed by atoms with Crippen molar-refractivity contribution in [2.24, 2.45) is 0 Å². The summed E-state index contributed by atoms with van der Waals surface area (Å²) < 4.78 is 38.4. The van der Waals surface area contributed by atoms with Gasteiger partial charge in [-0.3, -0.25) is 4.79 Å². The first-order chi connectivity index (χ1) is 13.9. The van der Waals surface area contributed by atoms with E-state index in [0.29, 0.717) is 12.1 Å². The number of fused-ring (bicyclic) bond motifs is 1. The fourth-order valence-corrected chi connectivity index (χ4v) is 4.59. The van der Waals surface area contributed by atoms with Crippen molar-refractivity contribution in [3.8, 4) is 0 Å². The molecule has 2 aromatic heterocycles. The van der Waals surface area contributed by atoms with Crippen LogP contribution >= 0.6 is 22.7 Å². The molecule has 0 saturated heterocycles. The van der Waals surface area contributed by atoms with E-state index in [2.05, 4.69) is 0 Å². The highest BCUT2D eigenvalue weighted by Gasteiger charge is 2.34. The predicted molar refractivity (Wildman–Crippen MR) is 112 cm³/mol. The molecular formula is C22H20F3NOS2. The monoisotopic (exact) mass is 435 g/mol. The third kappa shape index (κ3) is 5.16. The van der Waals surface area contributed by atoms with Crippen LogP contribution in [0, 0.1) is 0 Å². The number of halogens is 3. The molecule has 1 amide bonds. The normalized spacial score (nSPS) is 16.3. The first kappa shape index (κ1) is 21.3. The molecule has 0 aliphatic carbocycles. The van der Waals surface area contributed by atoms with Gasteiger partial charge in [0.05, 0.1) is 11.6 Å². The molecule has 0 fully saturated rings. The van der Waals surface area contributed by atoms with E-state index in [1.54, 1.807) is 40.6 Å². The van der Waals surface area contributed by atoms with Crippen LogP contribution in [0.4, 0.5) is 13.2 Å². The Balaban J connectivity index is 0.000000419. The van der Waals surface area contributed by atoms with Gasteiger partial charge in [-0.1, -0.05) is 30.3 Å². The summed E-state index contributed by atoms with van der Waals surface area (Å²) in [5, 5.41) is 6.05. The maximum absolute atomic E-state index is 12.8. The summed E-state index contributed by atoms with van der Waals surface area (Å²) >= 11 is 3.34. The molecule has 1 atom stereocenters. The van der Waals surface area contributed by atoms with Gasteiger partial charge >= 0.3 is 6.18 Å². The number of carbonyl (C=O) groups excluding carboxylic acids is 1. The molecule has 0 bridgehead atoms. The zero-order chi connectivity index (χ0) is 20.9. The molecule has 1 aliphatic heterocycles. The van der Waals surface area contributed by atoms with E-state index in [1.165, 1.54) is 23.1 Å². The van der Waals surface area contributed by atoms with Crippen LogP contribution in [-0.2, 0) is 17.4 Å². The highest BCUT2D eigenvalue weighted by molar-refractivity contribution is 7.10. The summed E-state index contributed by atoms with van der Waals surface area (Å²) in [5.41, 5.74) is 1.02. The zero-order valence-electron chi connectivity index (χ0n) is 15.7. The van der Waals surface area contributed by atoms with E-state index >= 15 is 0 Å². The minimum absolute atomic E-state index is 0.126. The zero-order valence-corrected chi connectivity index (χ0v) is 17.4. The SMILES string of the molecule is C/C=C/C(=O)N1CCc2sccc2C1c1ccc(C(F)(F)F)cc1.c1ccsc1. The summed E-state index contributed by atoms with van der Waals surface area (Å²) in [6, 6.07) is 10.7. The number of amides is 1. The van der Waals surface area contributed by atoms with Crippen LogP contribution in [-0.4, -0.2) is 17.4 Å². The van der Waals surface area contributed by atoms with Crippen molar-refractivity contribution >= 4 is 28.6 Å². The van der Waals surface area contributed by atoms with E-state index in [4.69, 9.17) is 0 Å². The second-order valence-electron chi connectivity index (χ2n) is 6.40. The third-order valence-electron chi connectivity index (χ3n) is 4.54. The number of thiophene rings is 2. The van der Waals surface area contributed by atoms with Gasteiger partial charge in [-0.05, 0) is 64.9 Å². The minimum atomic E-state index is -4.36. The van der Waals surface area contributed by atoms with Crippen LogP contribution in [0.5, 0.6) is 0 Å². The van der Waals surface area contributed by atoms with Gasteiger partial charge in [-0.2, -0.15) is 24.5 Å². The summed E-state index contributed by atoms with van der Waals surface area (Å²) in [7, 11) is 0. The van der Waals surface area contributed by atoms with Crippen LogP contribution in [0.1, 0.15) is 34.5 Å². The minimum Gasteiger partial charge on any atom is -0.328 e. The number of nitrogens with zero attached hydrogens (tertiary/aromatic N) is 1. The van der Waals surface area contributed by atoms with E-state index < -0.39 is 11.7 Å². The highest BCUT2D eigenvalue weighted by atomic mass is 32.1. The fourth-order valence-electron chi connectivity index (χ4n) is 3.23. The lowest BCUT2D eigenvalue weighted by Crippen LogP contribution is -2.39. The Labute approximate surface area is 175 Å². The molecule has 3 heterocycles. The topological polar surface area (TPSA) is 20.3 Å². The molecular weight excluding hydrogens is 415 g/mol. The first-order valence-corrected chi connectivity index (χ1v) is 10.9. The van der Waals surface area contributed by atoms with Crippen molar-refractivity contribution in [2.45, 2.75) is 25.6 Å². The fraction of sp³-hybridized carbons (Fsp3) is 0.227. The molecule has 0 spiro atoms. The Morgan fingerprint density at radius 2 is 1.79 bits per heavy atom. The van der Waals surface area contributed by atoms with Gasteiger partial charge in [-0.25, -0.2) is 0 Å². The number of hydrogen-bond donors (Lipinski definition) is 0. The molecule has 1 aromatic carbocycles. The summed E-state index contributed by atoms with van der Waals surface area (Å²) in [6.45, 7) is 2.33. The number of allylic oxidation sites excluding steroid dienone is 1. The van der Waals surface area contributed by atoms with Gasteiger partial charge in [0.2, 0.25) is 5.91 Å². The van der Waals surface area contributed by atoms with Gasteiger partial charge in [-0.15, -0.1) is 11.3 Å². The van der Waals surface area contributed by atoms with Gasteiger partial charge in [0.1, 0.15) is 0 Å². The van der Waals surface area contributed by atoms with Crippen LogP contribution in [0.3, 0.4) is 0 Å². The largest absolute Gasteiger partial charge is 0.416 e. The average Bonchev–Trinajstić information content (AvgIpc) is 3.41. The average molecular weight is 436 g/mol. The van der Waals surface area contributed by atoms with Crippen LogP contribution < -0.4 is 0 Å². The third-order valence-corrected chi connectivity index (χ3v) is 6.16. The molecule has 7 heteroatoms. The quantitative estimate of drug-likeness (QED) is 0.417. The van der Waals surface area contributed by atoms with E-state index in [-0.39, 0.29) is 11.9 Å². The van der Waals surface area contributed by atoms with E-state index in [1.807, 2.05) is 34.3 Å². The van der Waals surface area contributed by atoms with Crippen LogP contribution in [0.25, 0.3) is 0 Å². The molecule has 152 valence electrons. The van der Waals surface area contributed by atoms with Gasteiger partial charge in [0, 0.05) is 11.4 Å². The number of benzene rings is 1. The molecule has 0 N–H and O–H groups in total. The van der Waals surface area contributed by atoms with Crippen molar-refractivity contribution in [2.75, 3.05) is 6.54 Å².